The zero-order valence-electron chi connectivity index (χ0n) is 13.1. The number of hydrogen-bond donors (Lipinski definition) is 2. The van der Waals surface area contributed by atoms with E-state index in [2.05, 4.69) is 5.32 Å². The fourth-order valence-electron chi connectivity index (χ4n) is 2.96. The second-order valence-electron chi connectivity index (χ2n) is 6.38. The summed E-state index contributed by atoms with van der Waals surface area (Å²) in [5, 5.41) is 3.45. The topological polar surface area (TPSA) is 64.3 Å². The molecule has 1 aromatic carbocycles. The smallest absolute Gasteiger partial charge is 0.255 e. The average molecular weight is 359 g/mol. The fourth-order valence-corrected chi connectivity index (χ4v) is 3.14. The number of rotatable bonds is 6. The van der Waals surface area contributed by atoms with Crippen molar-refractivity contribution in [3.63, 3.8) is 0 Å². The lowest BCUT2D eigenvalue weighted by atomic mass is 10.1. The highest BCUT2D eigenvalue weighted by Gasteiger charge is 2.29. The Morgan fingerprint density at radius 1 is 1.30 bits per heavy atom. The Hall–Kier alpha value is -0.970. The molecule has 1 atom stereocenters. The van der Waals surface area contributed by atoms with Crippen LogP contribution in [-0.2, 0) is 0 Å². The number of halogens is 2. The molecule has 2 aliphatic rings. The van der Waals surface area contributed by atoms with Crippen molar-refractivity contribution in [2.24, 2.45) is 11.7 Å². The Balaban J connectivity index is 0.00000192. The average Bonchev–Trinajstić information content (AvgIpc) is 3.24. The summed E-state index contributed by atoms with van der Waals surface area (Å²) < 4.78 is 6.00. The van der Waals surface area contributed by atoms with Crippen molar-refractivity contribution in [3.8, 4) is 5.75 Å². The molecule has 4 nitrogen and oxygen atoms in total. The minimum Gasteiger partial charge on any atom is -0.490 e. The van der Waals surface area contributed by atoms with Crippen LogP contribution in [0, 0.1) is 5.92 Å². The maximum atomic E-state index is 12.4. The van der Waals surface area contributed by atoms with Crippen molar-refractivity contribution < 1.29 is 9.53 Å². The van der Waals surface area contributed by atoms with Crippen molar-refractivity contribution >= 4 is 29.9 Å². The van der Waals surface area contributed by atoms with Crippen LogP contribution in [0.1, 0.15) is 48.9 Å². The van der Waals surface area contributed by atoms with Crippen LogP contribution in [0.5, 0.6) is 5.75 Å². The predicted molar refractivity (Wildman–Crippen MR) is 94.6 cm³/mol. The van der Waals surface area contributed by atoms with Gasteiger partial charge in [-0.2, -0.15) is 0 Å². The molecule has 3 rings (SSSR count). The van der Waals surface area contributed by atoms with Crippen LogP contribution in [0.25, 0.3) is 0 Å². The van der Waals surface area contributed by atoms with Gasteiger partial charge >= 0.3 is 0 Å². The molecule has 2 aliphatic carbocycles. The van der Waals surface area contributed by atoms with E-state index in [0.29, 0.717) is 28.8 Å². The molecule has 0 radical (unpaired) electrons. The van der Waals surface area contributed by atoms with E-state index in [1.165, 1.54) is 25.7 Å². The van der Waals surface area contributed by atoms with Crippen LogP contribution in [0.2, 0.25) is 5.02 Å². The van der Waals surface area contributed by atoms with Gasteiger partial charge in [0.1, 0.15) is 5.75 Å². The molecule has 1 unspecified atom stereocenters. The molecule has 1 aromatic rings. The molecule has 2 saturated carbocycles. The van der Waals surface area contributed by atoms with Gasteiger partial charge < -0.3 is 15.8 Å². The number of ether oxygens (including phenoxy) is 1. The summed E-state index contributed by atoms with van der Waals surface area (Å²) in [5.74, 6) is 1.02. The van der Waals surface area contributed by atoms with Gasteiger partial charge in [0.15, 0.2) is 0 Å². The lowest BCUT2D eigenvalue weighted by molar-refractivity contribution is 0.0943. The fraction of sp³-hybridized carbons (Fsp3) is 0.588. The van der Waals surface area contributed by atoms with Gasteiger partial charge in [0.05, 0.1) is 11.7 Å². The molecule has 2 fully saturated rings. The van der Waals surface area contributed by atoms with E-state index in [4.69, 9.17) is 22.1 Å². The number of carbonyl (C=O) groups is 1. The van der Waals surface area contributed by atoms with E-state index in [-0.39, 0.29) is 30.5 Å². The Kier molecular flexibility index (Phi) is 6.57. The Morgan fingerprint density at radius 3 is 2.65 bits per heavy atom. The number of nitrogens with two attached hydrogens (primary N) is 1. The molecule has 23 heavy (non-hydrogen) atoms. The van der Waals surface area contributed by atoms with Crippen LogP contribution in [-0.4, -0.2) is 24.6 Å². The van der Waals surface area contributed by atoms with Gasteiger partial charge in [0.25, 0.3) is 5.91 Å². The first-order chi connectivity index (χ1) is 10.6. The first-order valence-electron chi connectivity index (χ1n) is 8.13. The number of amides is 1. The summed E-state index contributed by atoms with van der Waals surface area (Å²) in [6.07, 6.45) is 7.04. The summed E-state index contributed by atoms with van der Waals surface area (Å²) >= 11 is 6.04. The third-order valence-electron chi connectivity index (χ3n) is 4.51. The van der Waals surface area contributed by atoms with E-state index in [1.807, 2.05) is 0 Å². The van der Waals surface area contributed by atoms with Gasteiger partial charge in [-0.15, -0.1) is 12.4 Å². The third-order valence-corrected chi connectivity index (χ3v) is 4.74. The summed E-state index contributed by atoms with van der Waals surface area (Å²) in [6.45, 7) is 0.499. The molecular formula is C17H24Cl2N2O2. The largest absolute Gasteiger partial charge is 0.490 e. The van der Waals surface area contributed by atoms with Crippen molar-refractivity contribution in [2.75, 3.05) is 6.54 Å². The molecule has 0 saturated heterocycles. The molecule has 1 amide bonds. The highest BCUT2D eigenvalue weighted by atomic mass is 35.5. The van der Waals surface area contributed by atoms with Crippen molar-refractivity contribution in [3.05, 3.63) is 28.8 Å². The number of hydrogen-bond acceptors (Lipinski definition) is 3. The van der Waals surface area contributed by atoms with E-state index in [9.17, 15) is 4.79 Å². The molecule has 128 valence electrons. The Morgan fingerprint density at radius 2 is 2.00 bits per heavy atom. The first-order valence-corrected chi connectivity index (χ1v) is 8.51. The van der Waals surface area contributed by atoms with E-state index in [0.717, 1.165) is 12.8 Å². The molecule has 0 heterocycles. The van der Waals surface area contributed by atoms with Crippen LogP contribution >= 0.6 is 24.0 Å². The minimum atomic E-state index is -0.161. The zero-order valence-corrected chi connectivity index (χ0v) is 14.7. The second-order valence-corrected chi connectivity index (χ2v) is 6.81. The first kappa shape index (κ1) is 18.4. The third kappa shape index (κ3) is 5.00. The number of benzene rings is 1. The van der Waals surface area contributed by atoms with Gasteiger partial charge in [-0.3, -0.25) is 4.79 Å². The molecule has 3 N–H and O–H groups in total. The summed E-state index contributed by atoms with van der Waals surface area (Å²) in [4.78, 5) is 12.4. The van der Waals surface area contributed by atoms with E-state index < -0.39 is 0 Å². The second kappa shape index (κ2) is 8.22. The predicted octanol–water partition coefficient (Wildman–Crippen LogP) is 3.55. The Bertz CT molecular complexity index is 543. The van der Waals surface area contributed by atoms with E-state index >= 15 is 0 Å². The molecule has 6 heteroatoms. The van der Waals surface area contributed by atoms with Crippen LogP contribution < -0.4 is 15.8 Å². The quantitative estimate of drug-likeness (QED) is 0.816. The zero-order chi connectivity index (χ0) is 15.5. The van der Waals surface area contributed by atoms with Crippen LogP contribution in [0.15, 0.2) is 18.2 Å². The lowest BCUT2D eigenvalue weighted by Crippen LogP contribution is -2.38. The van der Waals surface area contributed by atoms with Gasteiger partial charge in [0.2, 0.25) is 0 Å². The highest BCUT2D eigenvalue weighted by molar-refractivity contribution is 6.31. The normalized spacial score (nSPS) is 19.0. The van der Waals surface area contributed by atoms with Gasteiger partial charge in [-0.25, -0.2) is 0 Å². The van der Waals surface area contributed by atoms with E-state index in [1.54, 1.807) is 18.2 Å². The van der Waals surface area contributed by atoms with Crippen molar-refractivity contribution in [1.29, 1.82) is 0 Å². The maximum Gasteiger partial charge on any atom is 0.255 e. The van der Waals surface area contributed by atoms with Crippen LogP contribution in [0.3, 0.4) is 0 Å². The Labute approximate surface area is 148 Å². The van der Waals surface area contributed by atoms with Gasteiger partial charge in [0, 0.05) is 17.6 Å². The standard InChI is InChI=1S/C17H23ClN2O2.ClH/c18-12-7-8-16(22-13-3-1-2-4-13)14(9-12)17(21)20-10-15(19)11-5-6-11;/h7-9,11,13,15H,1-6,10,19H2,(H,20,21);1H. The van der Waals surface area contributed by atoms with Crippen molar-refractivity contribution in [2.45, 2.75) is 50.7 Å². The SMILES string of the molecule is Cl.NC(CNC(=O)c1cc(Cl)ccc1OC1CCCC1)C1CC1. The van der Waals surface area contributed by atoms with Crippen LogP contribution in [0.4, 0.5) is 0 Å². The van der Waals surface area contributed by atoms with Crippen molar-refractivity contribution in [1.82, 2.24) is 5.32 Å². The molecule has 0 spiro atoms. The molecule has 0 aromatic heterocycles. The number of carbonyl (C=O) groups excluding carboxylic acids is 1. The number of nitrogens with one attached hydrogen (secondary N) is 1. The summed E-state index contributed by atoms with van der Waals surface area (Å²) in [5.41, 5.74) is 6.54. The summed E-state index contributed by atoms with van der Waals surface area (Å²) in [6, 6.07) is 5.26. The molecule has 0 bridgehead atoms. The molecule has 0 aliphatic heterocycles. The minimum absolute atomic E-state index is 0. The monoisotopic (exact) mass is 358 g/mol. The highest BCUT2D eigenvalue weighted by Crippen LogP contribution is 2.31. The van der Waals surface area contributed by atoms with Gasteiger partial charge in [-0.05, 0) is 62.6 Å². The lowest BCUT2D eigenvalue weighted by Gasteiger charge is -2.17. The van der Waals surface area contributed by atoms with Gasteiger partial charge in [-0.1, -0.05) is 11.6 Å². The maximum absolute atomic E-state index is 12.4. The summed E-state index contributed by atoms with van der Waals surface area (Å²) in [7, 11) is 0. The molecular weight excluding hydrogens is 335 g/mol.